The zero-order chi connectivity index (χ0) is 13.4. The van der Waals surface area contributed by atoms with Crippen molar-refractivity contribution < 1.29 is 0 Å². The van der Waals surface area contributed by atoms with Crippen molar-refractivity contribution in [2.45, 2.75) is 51.1 Å². The number of rotatable bonds is 2. The van der Waals surface area contributed by atoms with Crippen molar-refractivity contribution in [1.82, 2.24) is 9.55 Å². The molecule has 0 bridgehead atoms. The molecule has 0 saturated heterocycles. The van der Waals surface area contributed by atoms with Crippen LogP contribution in [0.15, 0.2) is 18.2 Å². The molecule has 0 amide bonds. The number of aromatic nitrogens is 2. The Hall–Kier alpha value is -1.06. The lowest BCUT2D eigenvalue weighted by Crippen LogP contribution is -2.26. The molecule has 0 aliphatic heterocycles. The van der Waals surface area contributed by atoms with Gasteiger partial charge in [-0.15, -0.1) is 0 Å². The largest absolute Gasteiger partial charge is 0.328 e. The Kier molecular flexibility index (Phi) is 3.50. The van der Waals surface area contributed by atoms with E-state index in [-0.39, 0.29) is 0 Å². The van der Waals surface area contributed by atoms with E-state index in [0.29, 0.717) is 12.0 Å². The van der Waals surface area contributed by atoms with E-state index in [1.165, 1.54) is 5.82 Å². The fourth-order valence-corrected chi connectivity index (χ4v) is 3.44. The van der Waals surface area contributed by atoms with Crippen molar-refractivity contribution in [3.8, 4) is 0 Å². The van der Waals surface area contributed by atoms with E-state index in [2.05, 4.69) is 11.5 Å². The zero-order valence-corrected chi connectivity index (χ0v) is 12.0. The Balaban J connectivity index is 2.06. The second-order valence-corrected chi connectivity index (χ2v) is 5.84. The van der Waals surface area contributed by atoms with E-state index in [9.17, 15) is 0 Å². The van der Waals surface area contributed by atoms with Gasteiger partial charge in [0.15, 0.2) is 0 Å². The first-order chi connectivity index (χ1) is 9.20. The van der Waals surface area contributed by atoms with Gasteiger partial charge in [-0.2, -0.15) is 0 Å². The van der Waals surface area contributed by atoms with Crippen molar-refractivity contribution in [1.29, 1.82) is 0 Å². The molecule has 1 aliphatic rings. The highest BCUT2D eigenvalue weighted by molar-refractivity contribution is 6.35. The third-order valence-electron chi connectivity index (χ3n) is 4.20. The molecule has 0 spiro atoms. The number of hydrogen-bond acceptors (Lipinski definition) is 2. The zero-order valence-electron chi connectivity index (χ0n) is 11.3. The Bertz CT molecular complexity index is 582. The lowest BCUT2D eigenvalue weighted by molar-refractivity contribution is 0.378. The molecule has 3 nitrogen and oxygen atoms in total. The van der Waals surface area contributed by atoms with E-state index < -0.39 is 0 Å². The summed E-state index contributed by atoms with van der Waals surface area (Å²) in [4.78, 5) is 4.83. The monoisotopic (exact) mass is 277 g/mol. The van der Waals surface area contributed by atoms with Crippen LogP contribution in [0.4, 0.5) is 0 Å². The summed E-state index contributed by atoms with van der Waals surface area (Å²) in [7, 11) is 0. The Morgan fingerprint density at radius 3 is 2.74 bits per heavy atom. The highest BCUT2D eigenvalue weighted by atomic mass is 35.5. The second-order valence-electron chi connectivity index (χ2n) is 5.43. The SMILES string of the molecule is CCn1c(C2CCC(N)CC2)nc2cccc(Cl)c21. The first-order valence-corrected chi connectivity index (χ1v) is 7.48. The van der Waals surface area contributed by atoms with Gasteiger partial charge in [-0.05, 0) is 44.7 Å². The summed E-state index contributed by atoms with van der Waals surface area (Å²) in [6, 6.07) is 6.33. The lowest BCUT2D eigenvalue weighted by atomic mass is 9.86. The number of nitrogens with two attached hydrogens (primary N) is 1. The summed E-state index contributed by atoms with van der Waals surface area (Å²) >= 11 is 6.34. The van der Waals surface area contributed by atoms with E-state index >= 15 is 0 Å². The fourth-order valence-electron chi connectivity index (χ4n) is 3.17. The molecule has 1 saturated carbocycles. The van der Waals surface area contributed by atoms with Crippen LogP contribution in [-0.4, -0.2) is 15.6 Å². The molecular formula is C15H20ClN3. The Morgan fingerprint density at radius 1 is 1.32 bits per heavy atom. The molecule has 1 aromatic heterocycles. The molecule has 1 heterocycles. The fraction of sp³-hybridized carbons (Fsp3) is 0.533. The number of benzene rings is 1. The normalized spacial score (nSPS) is 23.9. The number of hydrogen-bond donors (Lipinski definition) is 1. The average molecular weight is 278 g/mol. The van der Waals surface area contributed by atoms with Gasteiger partial charge in [0.25, 0.3) is 0 Å². The van der Waals surface area contributed by atoms with E-state index in [1.54, 1.807) is 0 Å². The quantitative estimate of drug-likeness (QED) is 0.910. The van der Waals surface area contributed by atoms with Gasteiger partial charge in [-0.3, -0.25) is 0 Å². The average Bonchev–Trinajstić information content (AvgIpc) is 2.79. The molecule has 1 fully saturated rings. The number of fused-ring (bicyclic) bond motifs is 1. The van der Waals surface area contributed by atoms with Crippen LogP contribution in [0.3, 0.4) is 0 Å². The number of nitrogens with zero attached hydrogens (tertiary/aromatic N) is 2. The molecule has 1 aromatic carbocycles. The minimum Gasteiger partial charge on any atom is -0.328 e. The van der Waals surface area contributed by atoms with Crippen LogP contribution in [0, 0.1) is 0 Å². The molecular weight excluding hydrogens is 258 g/mol. The maximum absolute atomic E-state index is 6.34. The predicted octanol–water partition coefficient (Wildman–Crippen LogP) is 3.69. The van der Waals surface area contributed by atoms with Crippen LogP contribution in [0.1, 0.15) is 44.3 Å². The van der Waals surface area contributed by atoms with Crippen molar-refractivity contribution in [2.24, 2.45) is 5.73 Å². The molecule has 2 aromatic rings. The van der Waals surface area contributed by atoms with Crippen molar-refractivity contribution in [3.63, 3.8) is 0 Å². The molecule has 0 unspecified atom stereocenters. The number of imidazole rings is 1. The van der Waals surface area contributed by atoms with Gasteiger partial charge in [-0.1, -0.05) is 17.7 Å². The molecule has 102 valence electrons. The number of aryl methyl sites for hydroxylation is 1. The summed E-state index contributed by atoms with van der Waals surface area (Å²) < 4.78 is 2.28. The highest BCUT2D eigenvalue weighted by Gasteiger charge is 2.25. The van der Waals surface area contributed by atoms with Gasteiger partial charge in [0.05, 0.1) is 16.1 Å². The van der Waals surface area contributed by atoms with Gasteiger partial charge in [0.1, 0.15) is 5.82 Å². The molecule has 2 N–H and O–H groups in total. The second kappa shape index (κ2) is 5.14. The first-order valence-electron chi connectivity index (χ1n) is 7.11. The Morgan fingerprint density at radius 2 is 2.05 bits per heavy atom. The van der Waals surface area contributed by atoms with Crippen molar-refractivity contribution >= 4 is 22.6 Å². The van der Waals surface area contributed by atoms with E-state index in [0.717, 1.165) is 48.3 Å². The summed E-state index contributed by atoms with van der Waals surface area (Å²) in [6.07, 6.45) is 4.49. The molecule has 3 rings (SSSR count). The molecule has 1 aliphatic carbocycles. The van der Waals surface area contributed by atoms with E-state index in [4.69, 9.17) is 22.3 Å². The van der Waals surface area contributed by atoms with Crippen LogP contribution < -0.4 is 5.73 Å². The van der Waals surface area contributed by atoms with Crippen LogP contribution >= 0.6 is 11.6 Å². The topological polar surface area (TPSA) is 43.8 Å². The first kappa shape index (κ1) is 12.9. The number of para-hydroxylation sites is 1. The van der Waals surface area contributed by atoms with Gasteiger partial charge < -0.3 is 10.3 Å². The molecule has 0 radical (unpaired) electrons. The summed E-state index contributed by atoms with van der Waals surface area (Å²) in [5.74, 6) is 1.72. The van der Waals surface area contributed by atoms with Crippen LogP contribution in [0.2, 0.25) is 5.02 Å². The van der Waals surface area contributed by atoms with Gasteiger partial charge in [0, 0.05) is 18.5 Å². The van der Waals surface area contributed by atoms with Crippen molar-refractivity contribution in [2.75, 3.05) is 0 Å². The smallest absolute Gasteiger partial charge is 0.113 e. The molecule has 0 atom stereocenters. The summed E-state index contributed by atoms with van der Waals surface area (Å²) in [5.41, 5.74) is 8.09. The van der Waals surface area contributed by atoms with E-state index in [1.807, 2.05) is 18.2 Å². The highest BCUT2D eigenvalue weighted by Crippen LogP contribution is 2.35. The summed E-state index contributed by atoms with van der Waals surface area (Å²) in [6.45, 7) is 3.07. The van der Waals surface area contributed by atoms with Gasteiger partial charge in [0.2, 0.25) is 0 Å². The minimum atomic E-state index is 0.374. The molecule has 4 heteroatoms. The summed E-state index contributed by atoms with van der Waals surface area (Å²) in [5, 5.41) is 0.797. The third kappa shape index (κ3) is 2.26. The number of halogens is 1. The third-order valence-corrected chi connectivity index (χ3v) is 4.51. The maximum Gasteiger partial charge on any atom is 0.113 e. The molecule has 19 heavy (non-hydrogen) atoms. The Labute approximate surface area is 118 Å². The standard InChI is InChI=1S/C15H20ClN3/c1-2-19-14-12(16)4-3-5-13(14)18-15(19)10-6-8-11(17)9-7-10/h3-5,10-11H,2,6-9,17H2,1H3. The minimum absolute atomic E-state index is 0.374. The van der Waals surface area contributed by atoms with Crippen LogP contribution in [-0.2, 0) is 6.54 Å². The maximum atomic E-state index is 6.34. The predicted molar refractivity (Wildman–Crippen MR) is 79.6 cm³/mol. The van der Waals surface area contributed by atoms with Crippen molar-refractivity contribution in [3.05, 3.63) is 29.0 Å². The lowest BCUT2D eigenvalue weighted by Gasteiger charge is -2.26. The van der Waals surface area contributed by atoms with Crippen LogP contribution in [0.5, 0.6) is 0 Å². The van der Waals surface area contributed by atoms with Crippen LogP contribution in [0.25, 0.3) is 11.0 Å². The van der Waals surface area contributed by atoms with Gasteiger partial charge in [-0.25, -0.2) is 4.98 Å². The van der Waals surface area contributed by atoms with Gasteiger partial charge >= 0.3 is 0 Å².